The summed E-state index contributed by atoms with van der Waals surface area (Å²) in [5.74, 6) is 1.02. The minimum absolute atomic E-state index is 0.642. The van der Waals surface area contributed by atoms with Crippen LogP contribution in [0, 0.1) is 0 Å². The van der Waals surface area contributed by atoms with Crippen molar-refractivity contribution in [1.82, 2.24) is 0 Å². The molecule has 0 aliphatic rings. The summed E-state index contributed by atoms with van der Waals surface area (Å²) in [4.78, 5) is 1.07. The number of thioether (sulfide) groups is 1. The predicted octanol–water partition coefficient (Wildman–Crippen LogP) is 3.03. The van der Waals surface area contributed by atoms with Gasteiger partial charge in [-0.1, -0.05) is 24.6 Å². The second-order valence-corrected chi connectivity index (χ2v) is 3.80. The Morgan fingerprint density at radius 3 is 2.91 bits per heavy atom. The monoisotopic (exact) mass is 187 g/mol. The summed E-state index contributed by atoms with van der Waals surface area (Å²) in [5, 5.41) is 0.642. The van der Waals surface area contributed by atoms with Crippen molar-refractivity contribution in [2.24, 2.45) is 0 Å². The van der Waals surface area contributed by atoms with Crippen molar-refractivity contribution in [3.63, 3.8) is 0 Å². The van der Waals surface area contributed by atoms with Crippen molar-refractivity contribution < 1.29 is 0 Å². The van der Waals surface area contributed by atoms with E-state index in [0.717, 1.165) is 10.6 Å². The van der Waals surface area contributed by atoms with E-state index >= 15 is 0 Å². The number of nitrogen functional groups attached to an aromatic ring is 1. The molecule has 0 atom stereocenters. The molecule has 0 saturated heterocycles. The van der Waals surface area contributed by atoms with E-state index in [4.69, 9.17) is 17.3 Å². The topological polar surface area (TPSA) is 26.0 Å². The first-order valence-corrected chi connectivity index (χ1v) is 4.79. The van der Waals surface area contributed by atoms with Crippen molar-refractivity contribution in [3.8, 4) is 0 Å². The molecule has 1 aromatic carbocycles. The Morgan fingerprint density at radius 1 is 1.55 bits per heavy atom. The van der Waals surface area contributed by atoms with Crippen molar-refractivity contribution in [3.05, 3.63) is 23.2 Å². The highest BCUT2D eigenvalue weighted by Gasteiger charge is 2.00. The third kappa shape index (κ3) is 2.04. The van der Waals surface area contributed by atoms with Crippen LogP contribution in [-0.2, 0) is 0 Å². The van der Waals surface area contributed by atoms with Crippen LogP contribution in [0.5, 0.6) is 0 Å². The summed E-state index contributed by atoms with van der Waals surface area (Å²) in [6.07, 6.45) is 0. The van der Waals surface area contributed by atoms with Gasteiger partial charge in [-0.2, -0.15) is 0 Å². The van der Waals surface area contributed by atoms with Gasteiger partial charge < -0.3 is 5.73 Å². The van der Waals surface area contributed by atoms with Crippen LogP contribution in [0.1, 0.15) is 6.92 Å². The normalized spacial score (nSPS) is 10.0. The molecule has 0 aliphatic heterocycles. The van der Waals surface area contributed by atoms with E-state index in [0.29, 0.717) is 10.7 Å². The van der Waals surface area contributed by atoms with E-state index in [2.05, 4.69) is 6.92 Å². The van der Waals surface area contributed by atoms with Crippen LogP contribution < -0.4 is 5.73 Å². The highest BCUT2D eigenvalue weighted by molar-refractivity contribution is 7.99. The molecule has 2 N–H and O–H groups in total. The summed E-state index contributed by atoms with van der Waals surface area (Å²) in [6, 6.07) is 5.70. The molecule has 0 spiro atoms. The Kier molecular flexibility index (Phi) is 3.09. The van der Waals surface area contributed by atoms with Gasteiger partial charge in [0.2, 0.25) is 0 Å². The molecule has 0 unspecified atom stereocenters. The molecule has 11 heavy (non-hydrogen) atoms. The van der Waals surface area contributed by atoms with E-state index < -0.39 is 0 Å². The first-order valence-electron chi connectivity index (χ1n) is 3.42. The molecular weight excluding hydrogens is 178 g/mol. The number of hydrogen-bond donors (Lipinski definition) is 1. The van der Waals surface area contributed by atoms with Crippen molar-refractivity contribution in [2.75, 3.05) is 11.5 Å². The Bertz CT molecular complexity index is 250. The SMILES string of the molecule is CCSc1cccc(Cl)c1N. The maximum Gasteiger partial charge on any atom is 0.0646 e. The second-order valence-electron chi connectivity index (χ2n) is 2.08. The molecule has 1 nitrogen and oxygen atoms in total. The van der Waals surface area contributed by atoms with Crippen LogP contribution in [0.25, 0.3) is 0 Å². The lowest BCUT2D eigenvalue weighted by Gasteiger charge is -2.03. The molecule has 60 valence electrons. The van der Waals surface area contributed by atoms with Gasteiger partial charge in [0, 0.05) is 4.90 Å². The van der Waals surface area contributed by atoms with Gasteiger partial charge in [-0.15, -0.1) is 11.8 Å². The molecule has 0 bridgehead atoms. The zero-order chi connectivity index (χ0) is 8.27. The predicted molar refractivity (Wildman–Crippen MR) is 52.3 cm³/mol. The largest absolute Gasteiger partial charge is 0.397 e. The lowest BCUT2D eigenvalue weighted by atomic mass is 10.3. The standard InChI is InChI=1S/C8H10ClNS/c1-2-11-7-5-3-4-6(9)8(7)10/h3-5H,2,10H2,1H3. The number of benzene rings is 1. The van der Waals surface area contributed by atoms with Gasteiger partial charge >= 0.3 is 0 Å². The summed E-state index contributed by atoms with van der Waals surface area (Å²) < 4.78 is 0. The Labute approximate surface area is 75.9 Å². The first-order chi connectivity index (χ1) is 5.25. The number of nitrogens with two attached hydrogens (primary N) is 1. The van der Waals surface area contributed by atoms with Crippen molar-refractivity contribution in [1.29, 1.82) is 0 Å². The Hall–Kier alpha value is -0.340. The fourth-order valence-electron chi connectivity index (χ4n) is 0.799. The lowest BCUT2D eigenvalue weighted by Crippen LogP contribution is -1.89. The first kappa shape index (κ1) is 8.75. The number of anilines is 1. The molecule has 0 amide bonds. The maximum absolute atomic E-state index is 5.81. The Morgan fingerprint density at radius 2 is 2.27 bits per heavy atom. The highest BCUT2D eigenvalue weighted by atomic mass is 35.5. The maximum atomic E-state index is 5.81. The second kappa shape index (κ2) is 3.88. The smallest absolute Gasteiger partial charge is 0.0646 e. The van der Waals surface area contributed by atoms with E-state index in [1.165, 1.54) is 0 Å². The fraction of sp³-hybridized carbons (Fsp3) is 0.250. The lowest BCUT2D eigenvalue weighted by molar-refractivity contribution is 1.43. The van der Waals surface area contributed by atoms with E-state index in [1.54, 1.807) is 17.8 Å². The summed E-state index contributed by atoms with van der Waals surface area (Å²) in [5.41, 5.74) is 6.41. The zero-order valence-electron chi connectivity index (χ0n) is 6.30. The van der Waals surface area contributed by atoms with Crippen LogP contribution in [0.3, 0.4) is 0 Å². The molecule has 1 rings (SSSR count). The minimum atomic E-state index is 0.642. The number of halogens is 1. The van der Waals surface area contributed by atoms with Gasteiger partial charge in [0.25, 0.3) is 0 Å². The van der Waals surface area contributed by atoms with Crippen LogP contribution >= 0.6 is 23.4 Å². The zero-order valence-corrected chi connectivity index (χ0v) is 7.88. The summed E-state index contributed by atoms with van der Waals surface area (Å²) in [7, 11) is 0. The van der Waals surface area contributed by atoms with E-state index in [-0.39, 0.29) is 0 Å². The molecular formula is C8H10ClNS. The number of rotatable bonds is 2. The van der Waals surface area contributed by atoms with Crippen molar-refractivity contribution >= 4 is 29.1 Å². The molecule has 3 heteroatoms. The number of para-hydroxylation sites is 1. The average Bonchev–Trinajstić information content (AvgIpc) is 1.99. The van der Waals surface area contributed by atoms with Gasteiger partial charge in [-0.3, -0.25) is 0 Å². The van der Waals surface area contributed by atoms with Gasteiger partial charge in [0.15, 0.2) is 0 Å². The molecule has 0 radical (unpaired) electrons. The van der Waals surface area contributed by atoms with E-state index in [9.17, 15) is 0 Å². The van der Waals surface area contributed by atoms with Gasteiger partial charge in [0.1, 0.15) is 0 Å². The molecule has 0 fully saturated rings. The third-order valence-electron chi connectivity index (χ3n) is 1.31. The van der Waals surface area contributed by atoms with Crippen LogP contribution in [0.15, 0.2) is 23.1 Å². The number of hydrogen-bond acceptors (Lipinski definition) is 2. The molecule has 0 aliphatic carbocycles. The molecule has 1 aromatic rings. The van der Waals surface area contributed by atoms with Crippen molar-refractivity contribution in [2.45, 2.75) is 11.8 Å². The van der Waals surface area contributed by atoms with Crippen LogP contribution in [-0.4, -0.2) is 5.75 Å². The summed E-state index contributed by atoms with van der Waals surface area (Å²) >= 11 is 7.52. The minimum Gasteiger partial charge on any atom is -0.397 e. The van der Waals surface area contributed by atoms with Gasteiger partial charge in [-0.05, 0) is 17.9 Å². The molecule has 0 heterocycles. The van der Waals surface area contributed by atoms with Gasteiger partial charge in [0.05, 0.1) is 10.7 Å². The van der Waals surface area contributed by atoms with E-state index in [1.807, 2.05) is 12.1 Å². The molecule has 0 aromatic heterocycles. The van der Waals surface area contributed by atoms with Crippen LogP contribution in [0.2, 0.25) is 5.02 Å². The fourth-order valence-corrected chi connectivity index (χ4v) is 1.78. The third-order valence-corrected chi connectivity index (χ3v) is 2.60. The summed E-state index contributed by atoms with van der Waals surface area (Å²) in [6.45, 7) is 2.09. The highest BCUT2D eigenvalue weighted by Crippen LogP contribution is 2.30. The van der Waals surface area contributed by atoms with Crippen LogP contribution in [0.4, 0.5) is 5.69 Å². The average molecular weight is 188 g/mol. The Balaban J connectivity index is 2.96. The molecule has 0 saturated carbocycles. The van der Waals surface area contributed by atoms with Gasteiger partial charge in [-0.25, -0.2) is 0 Å². The quantitative estimate of drug-likeness (QED) is 0.569.